The number of pyridine rings is 1. The van der Waals surface area contributed by atoms with E-state index in [2.05, 4.69) is 4.98 Å². The number of likely N-dealkylation sites (tertiary alicyclic amines) is 1. The van der Waals surface area contributed by atoms with Gasteiger partial charge in [0.2, 0.25) is 5.91 Å². The lowest BCUT2D eigenvalue weighted by Gasteiger charge is -2.48. The van der Waals surface area contributed by atoms with Gasteiger partial charge in [-0.3, -0.25) is 9.78 Å². The van der Waals surface area contributed by atoms with Gasteiger partial charge in [-0.15, -0.1) is 11.8 Å². The molecular weight excluding hydrogens is 300 g/mol. The van der Waals surface area contributed by atoms with Crippen molar-refractivity contribution in [3.05, 3.63) is 24.5 Å². The Hall–Kier alpha value is -1.27. The number of hydrogen-bond acceptors (Lipinski definition) is 5. The molecule has 4 heterocycles. The first-order chi connectivity index (χ1) is 10.7. The zero-order valence-corrected chi connectivity index (χ0v) is 13.3. The Bertz CT molecular complexity index is 542. The second-order valence-electron chi connectivity index (χ2n) is 6.38. The molecule has 6 heteroatoms. The van der Waals surface area contributed by atoms with Gasteiger partial charge in [0.05, 0.1) is 23.5 Å². The molecule has 3 aliphatic rings. The summed E-state index contributed by atoms with van der Waals surface area (Å²) in [6.07, 6.45) is 5.62. The molecule has 1 aromatic heterocycles. The van der Waals surface area contributed by atoms with Gasteiger partial charge < -0.3 is 14.4 Å². The van der Waals surface area contributed by atoms with E-state index in [-0.39, 0.29) is 22.7 Å². The molecule has 3 saturated heterocycles. The molecule has 1 spiro atoms. The van der Waals surface area contributed by atoms with E-state index in [1.165, 1.54) is 0 Å². The third kappa shape index (κ3) is 2.70. The summed E-state index contributed by atoms with van der Waals surface area (Å²) in [5.74, 6) is 2.19. The quantitative estimate of drug-likeness (QED) is 0.846. The molecule has 5 nitrogen and oxygen atoms in total. The van der Waals surface area contributed by atoms with Gasteiger partial charge >= 0.3 is 0 Å². The number of aromatic nitrogens is 1. The van der Waals surface area contributed by atoms with E-state index < -0.39 is 0 Å². The highest BCUT2D eigenvalue weighted by Crippen LogP contribution is 2.46. The standard InChI is InChI=1S/C16H20N2O3S/c19-15(12-3-5-20-8-12)18-10-16(11-18)6-14(9-22-16)21-13-2-1-4-17-7-13/h1-2,4,7,12,14H,3,5-6,8-11H2/t12-,14-/m1/s1. The molecule has 1 aromatic rings. The van der Waals surface area contributed by atoms with Crippen molar-refractivity contribution in [3.8, 4) is 5.75 Å². The largest absolute Gasteiger partial charge is 0.488 e. The molecule has 4 rings (SSSR count). The molecule has 0 N–H and O–H groups in total. The molecule has 0 saturated carbocycles. The predicted molar refractivity (Wildman–Crippen MR) is 84.0 cm³/mol. The van der Waals surface area contributed by atoms with Crippen LogP contribution in [0.15, 0.2) is 24.5 Å². The second-order valence-corrected chi connectivity index (χ2v) is 7.87. The normalized spacial score (nSPS) is 29.5. The summed E-state index contributed by atoms with van der Waals surface area (Å²) in [4.78, 5) is 18.4. The number of thioether (sulfide) groups is 1. The third-order valence-corrected chi connectivity index (χ3v) is 6.24. The molecule has 0 aliphatic carbocycles. The number of rotatable bonds is 3. The number of nitrogens with zero attached hydrogens (tertiary/aromatic N) is 2. The van der Waals surface area contributed by atoms with Crippen LogP contribution in [-0.4, -0.2) is 58.7 Å². The van der Waals surface area contributed by atoms with Crippen LogP contribution in [0.1, 0.15) is 12.8 Å². The fourth-order valence-electron chi connectivity index (χ4n) is 3.50. The van der Waals surface area contributed by atoms with Crippen LogP contribution in [0.3, 0.4) is 0 Å². The molecule has 3 aliphatic heterocycles. The lowest BCUT2D eigenvalue weighted by atomic mass is 9.91. The van der Waals surface area contributed by atoms with E-state index in [1.807, 2.05) is 28.8 Å². The highest BCUT2D eigenvalue weighted by molar-refractivity contribution is 8.01. The van der Waals surface area contributed by atoms with E-state index in [1.54, 1.807) is 12.4 Å². The molecule has 1 amide bonds. The minimum absolute atomic E-state index is 0.0891. The Morgan fingerprint density at radius 1 is 1.50 bits per heavy atom. The minimum Gasteiger partial charge on any atom is -0.488 e. The number of amides is 1. The summed E-state index contributed by atoms with van der Waals surface area (Å²) >= 11 is 1.95. The SMILES string of the molecule is O=C([C@@H]1CCOC1)N1CC2(C[C@@H](Oc3cccnc3)CS2)C1. The highest BCUT2D eigenvalue weighted by atomic mass is 32.2. The maximum absolute atomic E-state index is 12.3. The summed E-state index contributed by atoms with van der Waals surface area (Å²) in [5, 5.41) is 0. The molecule has 3 fully saturated rings. The van der Waals surface area contributed by atoms with Crippen molar-refractivity contribution >= 4 is 17.7 Å². The zero-order chi connectivity index (χ0) is 15.0. The highest BCUT2D eigenvalue weighted by Gasteiger charge is 2.52. The number of hydrogen-bond donors (Lipinski definition) is 0. The van der Waals surface area contributed by atoms with Gasteiger partial charge in [-0.05, 0) is 18.6 Å². The summed E-state index contributed by atoms with van der Waals surface area (Å²) in [6, 6.07) is 3.83. The topological polar surface area (TPSA) is 51.7 Å². The first-order valence-corrected chi connectivity index (χ1v) is 8.80. The van der Waals surface area contributed by atoms with Crippen LogP contribution in [-0.2, 0) is 9.53 Å². The Balaban J connectivity index is 1.29. The Kier molecular flexibility index (Phi) is 3.74. The first kappa shape index (κ1) is 14.3. The van der Waals surface area contributed by atoms with Crippen molar-refractivity contribution in [1.82, 2.24) is 9.88 Å². The van der Waals surface area contributed by atoms with Gasteiger partial charge in [0.25, 0.3) is 0 Å². The molecule has 0 unspecified atom stereocenters. The second kappa shape index (κ2) is 5.74. The van der Waals surface area contributed by atoms with Crippen LogP contribution in [0.2, 0.25) is 0 Å². The maximum atomic E-state index is 12.3. The van der Waals surface area contributed by atoms with Crippen molar-refractivity contribution < 1.29 is 14.3 Å². The summed E-state index contributed by atoms with van der Waals surface area (Å²) in [5.41, 5.74) is 0. The lowest BCUT2D eigenvalue weighted by molar-refractivity contribution is -0.141. The van der Waals surface area contributed by atoms with Gasteiger partial charge in [-0.1, -0.05) is 0 Å². The fraction of sp³-hybridized carbons (Fsp3) is 0.625. The zero-order valence-electron chi connectivity index (χ0n) is 12.4. The van der Waals surface area contributed by atoms with E-state index >= 15 is 0 Å². The van der Waals surface area contributed by atoms with Crippen LogP contribution in [0.5, 0.6) is 5.75 Å². The smallest absolute Gasteiger partial charge is 0.228 e. The van der Waals surface area contributed by atoms with Crippen LogP contribution in [0.25, 0.3) is 0 Å². The summed E-state index contributed by atoms with van der Waals surface area (Å²) < 4.78 is 11.5. The van der Waals surface area contributed by atoms with Crippen LogP contribution < -0.4 is 4.74 Å². The Morgan fingerprint density at radius 3 is 3.14 bits per heavy atom. The molecule has 0 bridgehead atoms. The molecule has 0 aromatic carbocycles. The fourth-order valence-corrected chi connectivity index (χ4v) is 5.02. The summed E-state index contributed by atoms with van der Waals surface area (Å²) in [6.45, 7) is 3.05. The molecule has 0 radical (unpaired) electrons. The molecule has 118 valence electrons. The van der Waals surface area contributed by atoms with Crippen molar-refractivity contribution in [1.29, 1.82) is 0 Å². The maximum Gasteiger partial charge on any atom is 0.228 e. The van der Waals surface area contributed by atoms with E-state index in [9.17, 15) is 4.79 Å². The van der Waals surface area contributed by atoms with Crippen molar-refractivity contribution in [2.24, 2.45) is 5.92 Å². The summed E-state index contributed by atoms with van der Waals surface area (Å²) in [7, 11) is 0. The van der Waals surface area contributed by atoms with E-state index in [0.29, 0.717) is 6.61 Å². The predicted octanol–water partition coefficient (Wildman–Crippen LogP) is 1.58. The van der Waals surface area contributed by atoms with E-state index in [4.69, 9.17) is 9.47 Å². The monoisotopic (exact) mass is 320 g/mol. The van der Waals surface area contributed by atoms with Crippen molar-refractivity contribution in [2.45, 2.75) is 23.7 Å². The van der Waals surface area contributed by atoms with E-state index in [0.717, 1.165) is 44.0 Å². The Morgan fingerprint density at radius 2 is 2.41 bits per heavy atom. The molecule has 2 atom stereocenters. The third-order valence-electron chi connectivity index (χ3n) is 4.66. The van der Waals surface area contributed by atoms with Gasteiger partial charge in [0.15, 0.2) is 0 Å². The van der Waals surface area contributed by atoms with Gasteiger partial charge in [-0.25, -0.2) is 0 Å². The van der Waals surface area contributed by atoms with Crippen LogP contribution in [0.4, 0.5) is 0 Å². The number of carbonyl (C=O) groups excluding carboxylic acids is 1. The molecular formula is C16H20N2O3S. The number of ether oxygens (including phenoxy) is 2. The van der Waals surface area contributed by atoms with Crippen LogP contribution >= 0.6 is 11.8 Å². The van der Waals surface area contributed by atoms with Gasteiger partial charge in [-0.2, -0.15) is 0 Å². The van der Waals surface area contributed by atoms with Gasteiger partial charge in [0.1, 0.15) is 11.9 Å². The first-order valence-electron chi connectivity index (χ1n) is 7.81. The minimum atomic E-state index is 0.0891. The number of carbonyl (C=O) groups is 1. The Labute approximate surface area is 134 Å². The molecule has 22 heavy (non-hydrogen) atoms. The van der Waals surface area contributed by atoms with Crippen LogP contribution in [0, 0.1) is 5.92 Å². The lowest BCUT2D eigenvalue weighted by Crippen LogP contribution is -2.62. The average Bonchev–Trinajstić information content (AvgIpc) is 3.16. The average molecular weight is 320 g/mol. The van der Waals surface area contributed by atoms with Crippen molar-refractivity contribution in [2.75, 3.05) is 32.1 Å². The van der Waals surface area contributed by atoms with Crippen molar-refractivity contribution in [3.63, 3.8) is 0 Å². The van der Waals surface area contributed by atoms with Gasteiger partial charge in [0, 0.05) is 38.1 Å².